The van der Waals surface area contributed by atoms with E-state index in [1.165, 1.54) is 11.1 Å². The summed E-state index contributed by atoms with van der Waals surface area (Å²) in [7, 11) is 1.59. The second kappa shape index (κ2) is 5.60. The molecule has 0 aliphatic heterocycles. The van der Waals surface area contributed by atoms with Gasteiger partial charge in [-0.1, -0.05) is 24.3 Å². The van der Waals surface area contributed by atoms with E-state index < -0.39 is 6.10 Å². The van der Waals surface area contributed by atoms with E-state index in [0.29, 0.717) is 13.2 Å². The lowest BCUT2D eigenvalue weighted by molar-refractivity contribution is 0.0626. The molecule has 0 saturated carbocycles. The van der Waals surface area contributed by atoms with Gasteiger partial charge in [0, 0.05) is 25.7 Å². The van der Waals surface area contributed by atoms with Gasteiger partial charge in [0.2, 0.25) is 0 Å². The van der Waals surface area contributed by atoms with Gasteiger partial charge in [-0.15, -0.1) is 0 Å². The Bertz CT molecular complexity index is 370. The molecule has 0 heterocycles. The molecule has 0 saturated heterocycles. The van der Waals surface area contributed by atoms with E-state index in [0.717, 1.165) is 6.42 Å². The van der Waals surface area contributed by atoms with Crippen LogP contribution in [0.15, 0.2) is 24.3 Å². The normalized spacial score (nSPS) is 24.6. The minimum Gasteiger partial charge on any atom is -0.389 e. The van der Waals surface area contributed by atoms with Gasteiger partial charge in [-0.3, -0.25) is 0 Å². The Kier molecular flexibility index (Phi) is 4.12. The van der Waals surface area contributed by atoms with E-state index in [1.54, 1.807) is 7.11 Å². The van der Waals surface area contributed by atoms with Crippen LogP contribution in [0.2, 0.25) is 0 Å². The van der Waals surface area contributed by atoms with Crippen molar-refractivity contribution in [2.75, 3.05) is 20.3 Å². The number of hydrogen-bond donors (Lipinski definition) is 3. The summed E-state index contributed by atoms with van der Waals surface area (Å²) >= 11 is 0. The Morgan fingerprint density at radius 1 is 1.47 bits per heavy atom. The van der Waals surface area contributed by atoms with Gasteiger partial charge >= 0.3 is 0 Å². The fourth-order valence-electron chi connectivity index (χ4n) is 2.40. The SMILES string of the molecule is COCC(O)CNC1CC(N)c2ccccc21. The summed E-state index contributed by atoms with van der Waals surface area (Å²) in [6.45, 7) is 0.882. The molecule has 2 rings (SSSR count). The highest BCUT2D eigenvalue weighted by atomic mass is 16.5. The van der Waals surface area contributed by atoms with Crippen molar-refractivity contribution < 1.29 is 9.84 Å². The highest BCUT2D eigenvalue weighted by Crippen LogP contribution is 2.36. The van der Waals surface area contributed by atoms with E-state index in [4.69, 9.17) is 10.5 Å². The highest BCUT2D eigenvalue weighted by Gasteiger charge is 2.27. The molecule has 17 heavy (non-hydrogen) atoms. The quantitative estimate of drug-likeness (QED) is 0.705. The monoisotopic (exact) mass is 236 g/mol. The molecule has 1 aromatic carbocycles. The van der Waals surface area contributed by atoms with Crippen LogP contribution in [-0.4, -0.2) is 31.5 Å². The van der Waals surface area contributed by atoms with Crippen molar-refractivity contribution >= 4 is 0 Å². The molecular weight excluding hydrogens is 216 g/mol. The van der Waals surface area contributed by atoms with Gasteiger partial charge in [-0.2, -0.15) is 0 Å². The summed E-state index contributed by atoms with van der Waals surface area (Å²) in [6.07, 6.45) is 0.419. The first-order valence-corrected chi connectivity index (χ1v) is 5.97. The Morgan fingerprint density at radius 2 is 2.18 bits per heavy atom. The predicted molar refractivity (Wildman–Crippen MR) is 66.6 cm³/mol. The molecule has 0 amide bonds. The van der Waals surface area contributed by atoms with Crippen LogP contribution in [0.3, 0.4) is 0 Å². The van der Waals surface area contributed by atoms with Gasteiger partial charge in [0.25, 0.3) is 0 Å². The summed E-state index contributed by atoms with van der Waals surface area (Å²) in [5.74, 6) is 0. The van der Waals surface area contributed by atoms with Crippen molar-refractivity contribution in [2.24, 2.45) is 5.73 Å². The van der Waals surface area contributed by atoms with Crippen molar-refractivity contribution in [3.8, 4) is 0 Å². The number of ether oxygens (including phenoxy) is 1. The summed E-state index contributed by atoms with van der Waals surface area (Å²) in [4.78, 5) is 0. The number of aliphatic hydroxyl groups is 1. The minimum absolute atomic E-state index is 0.100. The Hall–Kier alpha value is -0.940. The standard InChI is InChI=1S/C13H20N2O2/c1-17-8-9(16)7-15-13-6-12(14)10-4-2-3-5-11(10)13/h2-5,9,12-13,15-16H,6-8,14H2,1H3. The summed E-state index contributed by atoms with van der Waals surface area (Å²) in [5.41, 5.74) is 8.54. The average Bonchev–Trinajstić information content (AvgIpc) is 2.65. The molecule has 3 atom stereocenters. The molecule has 3 unspecified atom stereocenters. The Morgan fingerprint density at radius 3 is 2.88 bits per heavy atom. The molecule has 0 aromatic heterocycles. The van der Waals surface area contributed by atoms with E-state index in [2.05, 4.69) is 17.4 Å². The van der Waals surface area contributed by atoms with Crippen LogP contribution < -0.4 is 11.1 Å². The molecule has 94 valence electrons. The fourth-order valence-corrected chi connectivity index (χ4v) is 2.40. The van der Waals surface area contributed by atoms with Crippen LogP contribution >= 0.6 is 0 Å². The van der Waals surface area contributed by atoms with Gasteiger partial charge < -0.3 is 20.9 Å². The first-order valence-electron chi connectivity index (χ1n) is 5.97. The van der Waals surface area contributed by atoms with Crippen LogP contribution in [0, 0.1) is 0 Å². The first-order chi connectivity index (χ1) is 8.22. The molecule has 4 heteroatoms. The predicted octanol–water partition coefficient (Wildman–Crippen LogP) is 0.728. The topological polar surface area (TPSA) is 67.5 Å². The number of aliphatic hydroxyl groups excluding tert-OH is 1. The molecule has 4 nitrogen and oxygen atoms in total. The number of methoxy groups -OCH3 is 1. The number of nitrogens with one attached hydrogen (secondary N) is 1. The lowest BCUT2D eigenvalue weighted by Crippen LogP contribution is -2.32. The largest absolute Gasteiger partial charge is 0.389 e. The van der Waals surface area contributed by atoms with Gasteiger partial charge in [-0.25, -0.2) is 0 Å². The van der Waals surface area contributed by atoms with E-state index in [1.807, 2.05) is 12.1 Å². The maximum atomic E-state index is 9.60. The second-order valence-corrected chi connectivity index (χ2v) is 4.54. The van der Waals surface area contributed by atoms with Crippen LogP contribution in [0.1, 0.15) is 29.6 Å². The van der Waals surface area contributed by atoms with Crippen LogP contribution in [0.5, 0.6) is 0 Å². The number of rotatable bonds is 5. The zero-order valence-corrected chi connectivity index (χ0v) is 10.1. The van der Waals surface area contributed by atoms with Crippen LogP contribution in [0.4, 0.5) is 0 Å². The first kappa shape index (κ1) is 12.5. The zero-order valence-electron chi connectivity index (χ0n) is 10.1. The van der Waals surface area contributed by atoms with Crippen LogP contribution in [0.25, 0.3) is 0 Å². The molecule has 0 radical (unpaired) electrons. The maximum Gasteiger partial charge on any atom is 0.0897 e. The maximum absolute atomic E-state index is 9.60. The number of fused-ring (bicyclic) bond motifs is 1. The summed E-state index contributed by atoms with van der Waals surface area (Å²) in [6, 6.07) is 8.56. The fraction of sp³-hybridized carbons (Fsp3) is 0.538. The summed E-state index contributed by atoms with van der Waals surface area (Å²) in [5, 5.41) is 12.9. The van der Waals surface area contributed by atoms with Gasteiger partial charge in [-0.05, 0) is 17.5 Å². The number of benzene rings is 1. The third kappa shape index (κ3) is 2.84. The van der Waals surface area contributed by atoms with Crippen molar-refractivity contribution in [3.05, 3.63) is 35.4 Å². The molecule has 4 N–H and O–H groups in total. The number of nitrogens with two attached hydrogens (primary N) is 1. The molecule has 1 aliphatic carbocycles. The van der Waals surface area contributed by atoms with Crippen LogP contribution in [-0.2, 0) is 4.74 Å². The van der Waals surface area contributed by atoms with Crippen molar-refractivity contribution in [1.82, 2.24) is 5.32 Å². The minimum atomic E-state index is -0.469. The lowest BCUT2D eigenvalue weighted by Gasteiger charge is -2.17. The van der Waals surface area contributed by atoms with Gasteiger partial charge in [0.05, 0.1) is 12.7 Å². The van der Waals surface area contributed by atoms with Gasteiger partial charge in [0.1, 0.15) is 0 Å². The average molecular weight is 236 g/mol. The molecule has 0 bridgehead atoms. The van der Waals surface area contributed by atoms with E-state index >= 15 is 0 Å². The third-order valence-electron chi connectivity index (χ3n) is 3.22. The Balaban J connectivity index is 1.96. The third-order valence-corrected chi connectivity index (χ3v) is 3.22. The van der Waals surface area contributed by atoms with E-state index in [9.17, 15) is 5.11 Å². The molecular formula is C13H20N2O2. The van der Waals surface area contributed by atoms with Gasteiger partial charge in [0.15, 0.2) is 0 Å². The van der Waals surface area contributed by atoms with Crippen molar-refractivity contribution in [2.45, 2.75) is 24.6 Å². The number of hydrogen-bond acceptors (Lipinski definition) is 4. The molecule has 1 aliphatic rings. The lowest BCUT2D eigenvalue weighted by atomic mass is 10.1. The summed E-state index contributed by atoms with van der Waals surface area (Å²) < 4.78 is 4.89. The molecule has 0 fully saturated rings. The highest BCUT2D eigenvalue weighted by molar-refractivity contribution is 5.37. The smallest absolute Gasteiger partial charge is 0.0897 e. The molecule has 0 spiro atoms. The van der Waals surface area contributed by atoms with Crippen molar-refractivity contribution in [1.29, 1.82) is 0 Å². The second-order valence-electron chi connectivity index (χ2n) is 4.54. The Labute approximate surface area is 102 Å². The zero-order chi connectivity index (χ0) is 12.3. The van der Waals surface area contributed by atoms with Crippen molar-refractivity contribution in [3.63, 3.8) is 0 Å². The van der Waals surface area contributed by atoms with E-state index in [-0.39, 0.29) is 12.1 Å². The molecule has 1 aromatic rings.